The van der Waals surface area contributed by atoms with Gasteiger partial charge >= 0.3 is 0 Å². The van der Waals surface area contributed by atoms with Crippen LogP contribution in [0.3, 0.4) is 0 Å². The molecule has 8 nitrogen and oxygen atoms in total. The molecule has 1 unspecified atom stereocenters. The monoisotopic (exact) mass is 471 g/mol. The largest absolute Gasteiger partial charge is 0.496 e. The van der Waals surface area contributed by atoms with E-state index in [-0.39, 0.29) is 24.0 Å². The summed E-state index contributed by atoms with van der Waals surface area (Å²) in [5.41, 5.74) is 2.83. The van der Waals surface area contributed by atoms with Crippen LogP contribution in [0.4, 0.5) is 0 Å². The fourth-order valence-electron chi connectivity index (χ4n) is 4.43. The SMILES string of the molecule is COc1cccc2[nH]c(C(=O)C[C@@H](CC(C)C)C(=O)NC(C#N)Cc3[nH]nc4ccccc34)cc12. The van der Waals surface area contributed by atoms with Gasteiger partial charge in [-0.25, -0.2) is 0 Å². The minimum absolute atomic E-state index is 0.0459. The maximum atomic E-state index is 13.2. The first-order valence-electron chi connectivity index (χ1n) is 11.7. The Kier molecular flexibility index (Phi) is 7.16. The summed E-state index contributed by atoms with van der Waals surface area (Å²) in [6.45, 7) is 4.02. The normalized spacial score (nSPS) is 13.0. The molecule has 0 spiro atoms. The predicted octanol–water partition coefficient (Wildman–Crippen LogP) is 4.54. The number of carbonyl (C=O) groups excluding carboxylic acids is 2. The third-order valence-corrected chi connectivity index (χ3v) is 6.12. The number of H-pyrrole nitrogens is 2. The number of benzene rings is 2. The molecule has 0 saturated carbocycles. The predicted molar refractivity (Wildman–Crippen MR) is 134 cm³/mol. The number of nitriles is 1. The zero-order chi connectivity index (χ0) is 24.9. The summed E-state index contributed by atoms with van der Waals surface area (Å²) in [6, 6.07) is 16.4. The number of amides is 1. The van der Waals surface area contributed by atoms with Crippen molar-refractivity contribution in [3.63, 3.8) is 0 Å². The summed E-state index contributed by atoms with van der Waals surface area (Å²) in [4.78, 5) is 29.5. The number of carbonyl (C=O) groups is 2. The smallest absolute Gasteiger partial charge is 0.224 e. The van der Waals surface area contributed by atoms with Crippen LogP contribution in [0, 0.1) is 23.2 Å². The number of aromatic nitrogens is 3. The molecular formula is C27H29N5O3. The number of aromatic amines is 2. The van der Waals surface area contributed by atoms with Crippen molar-refractivity contribution in [3.05, 3.63) is 59.9 Å². The Morgan fingerprint density at radius 1 is 1.14 bits per heavy atom. The van der Waals surface area contributed by atoms with Crippen LogP contribution in [-0.4, -0.2) is 40.0 Å². The van der Waals surface area contributed by atoms with E-state index >= 15 is 0 Å². The average Bonchev–Trinajstić information content (AvgIpc) is 3.47. The zero-order valence-corrected chi connectivity index (χ0v) is 20.1. The lowest BCUT2D eigenvalue weighted by Crippen LogP contribution is -2.40. The highest BCUT2D eigenvalue weighted by Gasteiger charge is 2.27. The molecule has 2 aromatic heterocycles. The van der Waals surface area contributed by atoms with E-state index in [0.29, 0.717) is 24.3 Å². The van der Waals surface area contributed by atoms with E-state index in [1.807, 2.05) is 56.3 Å². The number of methoxy groups -OCH3 is 1. The lowest BCUT2D eigenvalue weighted by molar-refractivity contribution is -0.125. The number of hydrogen-bond donors (Lipinski definition) is 3. The molecule has 0 bridgehead atoms. The van der Waals surface area contributed by atoms with Crippen LogP contribution < -0.4 is 10.1 Å². The number of ether oxygens (including phenoxy) is 1. The molecular weight excluding hydrogens is 442 g/mol. The van der Waals surface area contributed by atoms with E-state index < -0.39 is 12.0 Å². The first-order chi connectivity index (χ1) is 16.9. The fraction of sp³-hybridized carbons (Fsp3) is 0.333. The van der Waals surface area contributed by atoms with E-state index in [2.05, 4.69) is 26.6 Å². The molecule has 3 N–H and O–H groups in total. The number of para-hydroxylation sites is 1. The van der Waals surface area contributed by atoms with Crippen molar-refractivity contribution in [2.75, 3.05) is 7.11 Å². The Morgan fingerprint density at radius 3 is 2.69 bits per heavy atom. The Hall–Kier alpha value is -4.12. The lowest BCUT2D eigenvalue weighted by atomic mass is 9.90. The van der Waals surface area contributed by atoms with Crippen LogP contribution in [0.25, 0.3) is 21.8 Å². The van der Waals surface area contributed by atoms with Gasteiger partial charge in [-0.3, -0.25) is 14.7 Å². The van der Waals surface area contributed by atoms with Gasteiger partial charge in [0.15, 0.2) is 5.78 Å². The van der Waals surface area contributed by atoms with Gasteiger partial charge in [-0.2, -0.15) is 10.4 Å². The molecule has 0 aliphatic rings. The second-order valence-corrected chi connectivity index (χ2v) is 9.17. The van der Waals surface area contributed by atoms with Crippen molar-refractivity contribution < 1.29 is 14.3 Å². The lowest BCUT2D eigenvalue weighted by Gasteiger charge is -2.20. The van der Waals surface area contributed by atoms with Crippen molar-refractivity contribution in [3.8, 4) is 11.8 Å². The molecule has 0 aliphatic carbocycles. The van der Waals surface area contributed by atoms with Gasteiger partial charge in [-0.15, -0.1) is 0 Å². The highest BCUT2D eigenvalue weighted by Crippen LogP contribution is 2.27. The van der Waals surface area contributed by atoms with E-state index in [4.69, 9.17) is 4.74 Å². The van der Waals surface area contributed by atoms with Gasteiger partial charge in [0.2, 0.25) is 5.91 Å². The molecule has 4 rings (SSSR count). The topological polar surface area (TPSA) is 124 Å². The molecule has 35 heavy (non-hydrogen) atoms. The number of ketones is 1. The van der Waals surface area contributed by atoms with E-state index in [1.165, 1.54) is 0 Å². The zero-order valence-electron chi connectivity index (χ0n) is 20.1. The summed E-state index contributed by atoms with van der Waals surface area (Å²) in [5, 5.41) is 21.5. The van der Waals surface area contributed by atoms with Crippen LogP contribution in [0.2, 0.25) is 0 Å². The van der Waals surface area contributed by atoms with Crippen LogP contribution in [0.1, 0.15) is 42.9 Å². The Labute approximate surface area is 203 Å². The van der Waals surface area contributed by atoms with Crippen molar-refractivity contribution in [2.45, 2.75) is 39.2 Å². The van der Waals surface area contributed by atoms with Crippen LogP contribution in [0.15, 0.2) is 48.5 Å². The van der Waals surface area contributed by atoms with Gasteiger partial charge in [0.1, 0.15) is 11.8 Å². The number of rotatable bonds is 10. The molecule has 0 radical (unpaired) electrons. The second kappa shape index (κ2) is 10.4. The summed E-state index contributed by atoms with van der Waals surface area (Å²) in [6.07, 6.45) is 0.878. The molecule has 8 heteroatoms. The third kappa shape index (κ3) is 5.35. The van der Waals surface area contributed by atoms with Gasteiger partial charge in [-0.1, -0.05) is 38.1 Å². The van der Waals surface area contributed by atoms with Crippen molar-refractivity contribution in [1.29, 1.82) is 5.26 Å². The molecule has 2 atom stereocenters. The Morgan fingerprint density at radius 2 is 1.94 bits per heavy atom. The summed E-state index contributed by atoms with van der Waals surface area (Å²) >= 11 is 0. The van der Waals surface area contributed by atoms with Gasteiger partial charge in [0.25, 0.3) is 0 Å². The maximum absolute atomic E-state index is 13.2. The minimum Gasteiger partial charge on any atom is -0.496 e. The summed E-state index contributed by atoms with van der Waals surface area (Å²) in [7, 11) is 1.59. The molecule has 0 aliphatic heterocycles. The summed E-state index contributed by atoms with van der Waals surface area (Å²) in [5.74, 6) is -0.116. The number of nitrogens with one attached hydrogen (secondary N) is 3. The Bertz CT molecular complexity index is 1390. The standard InChI is InChI=1S/C27H29N5O3/c1-16(2)11-17(12-25(33)24-14-20-21(30-24)9-6-10-26(20)35-3)27(34)29-18(15-28)13-23-19-7-4-5-8-22(19)31-32-23/h4-10,14,16-18,30H,11-13H2,1-3H3,(H,29,34)(H,31,32)/t17-,18?/m1/s1. The number of nitrogens with zero attached hydrogens (tertiary/aromatic N) is 2. The molecule has 0 fully saturated rings. The third-order valence-electron chi connectivity index (χ3n) is 6.12. The highest BCUT2D eigenvalue weighted by atomic mass is 16.5. The van der Waals surface area contributed by atoms with E-state index in [9.17, 15) is 14.9 Å². The molecule has 2 aromatic carbocycles. The van der Waals surface area contributed by atoms with E-state index in [1.54, 1.807) is 13.2 Å². The average molecular weight is 472 g/mol. The number of hydrogen-bond acceptors (Lipinski definition) is 5. The molecule has 4 aromatic rings. The van der Waals surface area contributed by atoms with Gasteiger partial charge in [0.05, 0.1) is 24.4 Å². The fourth-order valence-corrected chi connectivity index (χ4v) is 4.43. The molecule has 2 heterocycles. The minimum atomic E-state index is -0.742. The Balaban J connectivity index is 1.48. The van der Waals surface area contributed by atoms with Crippen molar-refractivity contribution in [2.24, 2.45) is 11.8 Å². The molecule has 0 saturated heterocycles. The highest BCUT2D eigenvalue weighted by molar-refractivity contribution is 6.02. The van der Waals surface area contributed by atoms with Crippen LogP contribution in [0.5, 0.6) is 5.75 Å². The summed E-state index contributed by atoms with van der Waals surface area (Å²) < 4.78 is 5.39. The van der Waals surface area contributed by atoms with E-state index in [0.717, 1.165) is 27.5 Å². The first kappa shape index (κ1) is 24.0. The van der Waals surface area contributed by atoms with Crippen molar-refractivity contribution >= 4 is 33.5 Å². The first-order valence-corrected chi connectivity index (χ1v) is 11.7. The van der Waals surface area contributed by atoms with Gasteiger partial charge < -0.3 is 15.0 Å². The van der Waals surface area contributed by atoms with Crippen molar-refractivity contribution in [1.82, 2.24) is 20.5 Å². The number of fused-ring (bicyclic) bond motifs is 2. The van der Waals surface area contributed by atoms with Gasteiger partial charge in [0, 0.05) is 40.7 Å². The van der Waals surface area contributed by atoms with Crippen LogP contribution >= 0.6 is 0 Å². The maximum Gasteiger partial charge on any atom is 0.224 e. The van der Waals surface area contributed by atoms with Gasteiger partial charge in [-0.05, 0) is 36.6 Å². The van der Waals surface area contributed by atoms with Crippen LogP contribution in [-0.2, 0) is 11.2 Å². The second-order valence-electron chi connectivity index (χ2n) is 9.17. The molecule has 180 valence electrons. The molecule has 1 amide bonds. The quantitative estimate of drug-likeness (QED) is 0.293. The number of Topliss-reactive ketones (excluding diaryl/α,β-unsaturated/α-hetero) is 1.